The van der Waals surface area contributed by atoms with Gasteiger partial charge in [0.1, 0.15) is 0 Å². The maximum absolute atomic E-state index is 11.3. The third-order valence-electron chi connectivity index (χ3n) is 1.91. The fourth-order valence-corrected chi connectivity index (χ4v) is 0.870. The highest BCUT2D eigenvalue weighted by molar-refractivity contribution is 5.75. The molecular weight excluding hydrogens is 258 g/mol. The van der Waals surface area contributed by atoms with E-state index in [4.69, 9.17) is 9.84 Å². The van der Waals surface area contributed by atoms with E-state index in [-0.39, 0.29) is 11.5 Å². The highest BCUT2D eigenvalue weighted by Gasteiger charge is 2.23. The third kappa shape index (κ3) is 7.06. The molecule has 0 saturated heterocycles. The van der Waals surface area contributed by atoms with E-state index in [9.17, 15) is 14.8 Å². The summed E-state index contributed by atoms with van der Waals surface area (Å²) in [7, 11) is 0. The first-order valence-electron chi connectivity index (χ1n) is 5.62. The Morgan fingerprint density at radius 3 is 2.42 bits per heavy atom. The third-order valence-corrected chi connectivity index (χ3v) is 1.91. The van der Waals surface area contributed by atoms with Crippen LogP contribution in [0.5, 0.6) is 0 Å². The molecule has 0 fully saturated rings. The van der Waals surface area contributed by atoms with E-state index in [1.165, 1.54) is 0 Å². The number of rotatable bonds is 7. The van der Waals surface area contributed by atoms with E-state index in [0.717, 1.165) is 5.01 Å². The minimum atomic E-state index is -1.17. The molecule has 9 nitrogen and oxygen atoms in total. The minimum absolute atomic E-state index is 0.000948. The van der Waals surface area contributed by atoms with E-state index in [0.29, 0.717) is 0 Å². The molecule has 0 unspecified atom stereocenters. The van der Waals surface area contributed by atoms with E-state index in [1.807, 2.05) is 0 Å². The van der Waals surface area contributed by atoms with Gasteiger partial charge in [0.05, 0.1) is 16.9 Å². The first-order valence-corrected chi connectivity index (χ1v) is 5.62. The van der Waals surface area contributed by atoms with Crippen molar-refractivity contribution in [2.75, 3.05) is 19.9 Å². The number of likely N-dealkylation sites (N-methyl/N-ethyl adjacent to an activating group) is 1. The van der Waals surface area contributed by atoms with Crippen molar-refractivity contribution in [1.29, 1.82) is 0 Å². The molecule has 9 heteroatoms. The number of carboxylic acids is 1. The number of ether oxygens (including phenoxy) is 1. The lowest BCUT2D eigenvalue weighted by Gasteiger charge is -2.15. The van der Waals surface area contributed by atoms with Gasteiger partial charge in [-0.05, 0) is 27.7 Å². The number of hydrogen-bond donors (Lipinski definition) is 1. The van der Waals surface area contributed by atoms with Gasteiger partial charge in [0.15, 0.2) is 6.54 Å². The van der Waals surface area contributed by atoms with Gasteiger partial charge in [0.2, 0.25) is 5.28 Å². The highest BCUT2D eigenvalue weighted by Crippen LogP contribution is 2.14. The van der Waals surface area contributed by atoms with Crippen LogP contribution in [-0.2, 0) is 19.2 Å². The van der Waals surface area contributed by atoms with Crippen LogP contribution >= 0.6 is 0 Å². The van der Waals surface area contributed by atoms with Gasteiger partial charge < -0.3 is 19.9 Å². The van der Waals surface area contributed by atoms with Crippen LogP contribution in [0.3, 0.4) is 0 Å². The largest absolute Gasteiger partial charge is 0.569 e. The van der Waals surface area contributed by atoms with Crippen LogP contribution in [-0.4, -0.2) is 46.9 Å². The summed E-state index contributed by atoms with van der Waals surface area (Å²) >= 11 is 0. The number of carbonyl (C=O) groups is 2. The van der Waals surface area contributed by atoms with Gasteiger partial charge in [-0.1, -0.05) is 0 Å². The number of esters is 1. The summed E-state index contributed by atoms with van der Waals surface area (Å²) in [4.78, 5) is 26.3. The van der Waals surface area contributed by atoms with Crippen LogP contribution < -0.4 is 0 Å². The molecule has 0 bridgehead atoms. The molecule has 19 heavy (non-hydrogen) atoms. The lowest BCUT2D eigenvalue weighted by Crippen LogP contribution is -2.35. The number of aliphatic carboxylic acids is 1. The van der Waals surface area contributed by atoms with Crippen LogP contribution in [0.2, 0.25) is 0 Å². The van der Waals surface area contributed by atoms with Gasteiger partial charge in [-0.25, -0.2) is 0 Å². The molecule has 0 aromatic heterocycles. The van der Waals surface area contributed by atoms with Crippen molar-refractivity contribution in [2.24, 2.45) is 10.7 Å². The van der Waals surface area contributed by atoms with E-state index in [1.54, 1.807) is 27.7 Å². The Bertz CT molecular complexity index is 350. The Kier molecular flexibility index (Phi) is 6.59. The second kappa shape index (κ2) is 7.39. The standard InChI is InChI=1S/C10H19N3O6/c1-5-12(6-8(14)15)13(17)11-19-7-18-9(16)10(2,3)4/h5-7H2,1-4H3,(H,14,15). The van der Waals surface area contributed by atoms with Gasteiger partial charge >= 0.3 is 11.9 Å². The fraction of sp³-hybridized carbons (Fsp3) is 0.800. The van der Waals surface area contributed by atoms with Crippen molar-refractivity contribution in [3.8, 4) is 0 Å². The summed E-state index contributed by atoms with van der Waals surface area (Å²) in [6, 6.07) is 0. The number of carboxylic acid groups (broad SMARTS) is 1. The summed E-state index contributed by atoms with van der Waals surface area (Å²) in [5.41, 5.74) is -0.681. The molecule has 0 aromatic rings. The normalized spacial score (nSPS) is 11.9. The zero-order chi connectivity index (χ0) is 15.1. The van der Waals surface area contributed by atoms with Crippen LogP contribution in [0.25, 0.3) is 0 Å². The minimum Gasteiger partial charge on any atom is -0.569 e. The molecule has 0 heterocycles. The van der Waals surface area contributed by atoms with Gasteiger partial charge in [0.25, 0.3) is 6.79 Å². The average Bonchev–Trinajstić information content (AvgIpc) is 2.29. The molecule has 110 valence electrons. The average molecular weight is 277 g/mol. The number of hydrogen-bond acceptors (Lipinski definition) is 6. The topological polar surface area (TPSA) is 114 Å². The second-order valence-electron chi connectivity index (χ2n) is 4.64. The lowest BCUT2D eigenvalue weighted by molar-refractivity contribution is -0.709. The summed E-state index contributed by atoms with van der Waals surface area (Å²) in [6.07, 6.45) is 0. The fourth-order valence-electron chi connectivity index (χ4n) is 0.870. The summed E-state index contributed by atoms with van der Waals surface area (Å²) in [6.45, 7) is 5.70. The molecule has 0 aliphatic heterocycles. The predicted octanol–water partition coefficient (Wildman–Crippen LogP) is 0.749. The van der Waals surface area contributed by atoms with Gasteiger partial charge in [-0.2, -0.15) is 0 Å². The number of nitrogens with zero attached hydrogens (tertiary/aromatic N) is 3. The molecule has 0 rings (SSSR count). The van der Waals surface area contributed by atoms with Gasteiger partial charge in [0, 0.05) is 0 Å². The quantitative estimate of drug-likeness (QED) is 0.182. The molecule has 0 atom stereocenters. The zero-order valence-electron chi connectivity index (χ0n) is 11.5. The van der Waals surface area contributed by atoms with Crippen LogP contribution in [0.15, 0.2) is 5.28 Å². The van der Waals surface area contributed by atoms with Crippen molar-refractivity contribution in [3.63, 3.8) is 0 Å². The zero-order valence-corrected chi connectivity index (χ0v) is 11.5. The van der Waals surface area contributed by atoms with Crippen molar-refractivity contribution in [3.05, 3.63) is 5.21 Å². The summed E-state index contributed by atoms with van der Waals surface area (Å²) < 4.78 is 4.70. The second-order valence-corrected chi connectivity index (χ2v) is 4.64. The van der Waals surface area contributed by atoms with Crippen LogP contribution in [0.1, 0.15) is 27.7 Å². The molecule has 0 spiro atoms. The molecule has 0 amide bonds. The van der Waals surface area contributed by atoms with E-state index < -0.39 is 30.7 Å². The van der Waals surface area contributed by atoms with Crippen LogP contribution in [0.4, 0.5) is 0 Å². The van der Waals surface area contributed by atoms with Crippen molar-refractivity contribution in [1.82, 2.24) is 5.01 Å². The summed E-state index contributed by atoms with van der Waals surface area (Å²) in [5.74, 6) is -1.67. The van der Waals surface area contributed by atoms with Crippen molar-refractivity contribution < 1.29 is 29.2 Å². The first-order chi connectivity index (χ1) is 8.68. The van der Waals surface area contributed by atoms with Crippen molar-refractivity contribution >= 4 is 11.9 Å². The smallest absolute Gasteiger partial charge is 0.329 e. The maximum atomic E-state index is 11.3. The molecule has 0 aliphatic rings. The number of carbonyl (C=O) groups excluding carboxylic acids is 1. The Hall–Kier alpha value is -2.06. The predicted molar refractivity (Wildman–Crippen MR) is 62.4 cm³/mol. The van der Waals surface area contributed by atoms with Gasteiger partial charge in [-0.3, -0.25) is 9.59 Å². The Labute approximate surface area is 110 Å². The Balaban J connectivity index is 4.18. The first kappa shape index (κ1) is 16.9. The Morgan fingerprint density at radius 1 is 1.42 bits per heavy atom. The van der Waals surface area contributed by atoms with Gasteiger partial charge in [-0.15, -0.1) is 5.01 Å². The van der Waals surface area contributed by atoms with E-state index in [2.05, 4.69) is 10.1 Å². The van der Waals surface area contributed by atoms with Crippen LogP contribution in [0, 0.1) is 10.6 Å². The van der Waals surface area contributed by atoms with Crippen molar-refractivity contribution in [2.45, 2.75) is 27.7 Å². The Morgan fingerprint density at radius 2 is 2.00 bits per heavy atom. The molecule has 0 aliphatic carbocycles. The molecule has 1 N–H and O–H groups in total. The SMILES string of the molecule is CCN(CC(=O)O)[N+]([O-])=NOCOC(=O)C(C)(C)C. The monoisotopic (exact) mass is 277 g/mol. The highest BCUT2D eigenvalue weighted by atomic mass is 16.8. The summed E-state index contributed by atoms with van der Waals surface area (Å²) in [5, 5.41) is 23.8. The molecule has 0 aromatic carbocycles. The lowest BCUT2D eigenvalue weighted by atomic mass is 9.98. The molecule has 0 saturated carbocycles. The molecule has 0 radical (unpaired) electrons. The van der Waals surface area contributed by atoms with E-state index >= 15 is 0 Å². The number of hydrazine groups is 1. The maximum Gasteiger partial charge on any atom is 0.329 e. The molecular formula is C10H19N3O6.